The lowest BCUT2D eigenvalue weighted by Gasteiger charge is -2.14. The molecule has 2 heterocycles. The Morgan fingerprint density at radius 1 is 1.39 bits per heavy atom. The van der Waals surface area contributed by atoms with Gasteiger partial charge in [0.2, 0.25) is 11.4 Å². The fourth-order valence-corrected chi connectivity index (χ4v) is 4.09. The van der Waals surface area contributed by atoms with Gasteiger partial charge in [-0.1, -0.05) is 11.3 Å². The summed E-state index contributed by atoms with van der Waals surface area (Å²) in [5, 5.41) is 2.97. The number of aryl methyl sites for hydroxylation is 1. The lowest BCUT2D eigenvalue weighted by Crippen LogP contribution is -2.41. The number of hydrogen-bond acceptors (Lipinski definition) is 3. The van der Waals surface area contributed by atoms with E-state index in [4.69, 9.17) is 0 Å². The van der Waals surface area contributed by atoms with Crippen LogP contribution in [0.15, 0.2) is 16.5 Å². The SMILES string of the molecule is CSc1sc(C)c2[n+]1-c1ccc(F)c(F)c1NC2. The summed E-state index contributed by atoms with van der Waals surface area (Å²) in [6, 6.07) is 2.80. The van der Waals surface area contributed by atoms with Crippen LogP contribution < -0.4 is 9.88 Å². The van der Waals surface area contributed by atoms with Crippen molar-refractivity contribution in [3.63, 3.8) is 0 Å². The van der Waals surface area contributed by atoms with Crippen molar-refractivity contribution < 1.29 is 13.3 Å². The number of nitrogens with one attached hydrogen (secondary N) is 1. The second-order valence-corrected chi connectivity index (χ2v) is 6.28. The highest BCUT2D eigenvalue weighted by atomic mass is 32.2. The Bertz CT molecular complexity index is 637. The quantitative estimate of drug-likeness (QED) is 0.639. The van der Waals surface area contributed by atoms with E-state index in [0.29, 0.717) is 12.2 Å². The van der Waals surface area contributed by atoms with Gasteiger partial charge in [0.25, 0.3) is 0 Å². The zero-order valence-corrected chi connectivity index (χ0v) is 11.5. The summed E-state index contributed by atoms with van der Waals surface area (Å²) in [7, 11) is 0. The van der Waals surface area contributed by atoms with Gasteiger partial charge in [-0.25, -0.2) is 8.78 Å². The van der Waals surface area contributed by atoms with Gasteiger partial charge in [0.1, 0.15) is 12.2 Å². The molecule has 2 aromatic rings. The molecule has 0 bridgehead atoms. The highest BCUT2D eigenvalue weighted by Crippen LogP contribution is 2.33. The molecule has 1 aliphatic heterocycles. The first-order valence-corrected chi connectivity index (χ1v) is 7.48. The number of fused-ring (bicyclic) bond motifs is 3. The summed E-state index contributed by atoms with van der Waals surface area (Å²) in [6.45, 7) is 2.57. The number of anilines is 1. The molecule has 2 nitrogen and oxygen atoms in total. The summed E-state index contributed by atoms with van der Waals surface area (Å²) in [4.78, 5) is 1.20. The molecule has 94 valence electrons. The van der Waals surface area contributed by atoms with Gasteiger partial charge < -0.3 is 5.32 Å². The van der Waals surface area contributed by atoms with Gasteiger partial charge in [0, 0.05) is 6.07 Å². The van der Waals surface area contributed by atoms with E-state index >= 15 is 0 Å². The fourth-order valence-electron chi connectivity index (χ4n) is 2.15. The van der Waals surface area contributed by atoms with Gasteiger partial charge in [-0.05, 0) is 31.0 Å². The van der Waals surface area contributed by atoms with Crippen molar-refractivity contribution in [1.29, 1.82) is 0 Å². The van der Waals surface area contributed by atoms with Crippen LogP contribution in [0.25, 0.3) is 5.69 Å². The molecule has 1 aromatic carbocycles. The lowest BCUT2D eigenvalue weighted by molar-refractivity contribution is -0.637. The molecule has 0 atom stereocenters. The lowest BCUT2D eigenvalue weighted by atomic mass is 10.2. The fraction of sp³-hybridized carbons (Fsp3) is 0.250. The van der Waals surface area contributed by atoms with Crippen molar-refractivity contribution in [2.24, 2.45) is 0 Å². The third-order valence-corrected chi connectivity index (χ3v) is 5.20. The smallest absolute Gasteiger partial charge is 0.303 e. The second kappa shape index (κ2) is 4.20. The molecule has 0 saturated heterocycles. The topological polar surface area (TPSA) is 15.9 Å². The van der Waals surface area contributed by atoms with Crippen LogP contribution in [0.5, 0.6) is 0 Å². The monoisotopic (exact) mass is 285 g/mol. The summed E-state index contributed by atoms with van der Waals surface area (Å²) < 4.78 is 30.1. The Morgan fingerprint density at radius 2 is 2.17 bits per heavy atom. The summed E-state index contributed by atoms with van der Waals surface area (Å²) in [5.74, 6) is -1.62. The molecular weight excluding hydrogens is 274 g/mol. The highest BCUT2D eigenvalue weighted by molar-refractivity contribution is 8.00. The number of halogens is 2. The normalized spacial score (nSPS) is 12.9. The van der Waals surface area contributed by atoms with E-state index in [1.165, 1.54) is 10.9 Å². The summed E-state index contributed by atoms with van der Waals surface area (Å²) in [5.41, 5.74) is 2.05. The van der Waals surface area contributed by atoms with E-state index in [1.54, 1.807) is 29.2 Å². The second-order valence-electron chi connectivity index (χ2n) is 4.02. The first kappa shape index (κ1) is 11.9. The molecule has 18 heavy (non-hydrogen) atoms. The number of thiazole rings is 1. The molecule has 1 aromatic heterocycles. The van der Waals surface area contributed by atoms with Gasteiger partial charge in [-0.15, -0.1) is 4.57 Å². The molecule has 0 fully saturated rings. The van der Waals surface area contributed by atoms with Crippen LogP contribution in [-0.4, -0.2) is 6.26 Å². The van der Waals surface area contributed by atoms with Gasteiger partial charge in [0.15, 0.2) is 11.6 Å². The van der Waals surface area contributed by atoms with E-state index in [1.807, 2.05) is 17.7 Å². The predicted molar refractivity (Wildman–Crippen MR) is 69.6 cm³/mol. The zero-order chi connectivity index (χ0) is 12.9. The van der Waals surface area contributed by atoms with Crippen LogP contribution in [0.2, 0.25) is 0 Å². The van der Waals surface area contributed by atoms with Crippen LogP contribution in [0, 0.1) is 18.6 Å². The van der Waals surface area contributed by atoms with Crippen molar-refractivity contribution in [3.05, 3.63) is 34.3 Å². The summed E-state index contributed by atoms with van der Waals surface area (Å²) in [6.07, 6.45) is 1.99. The molecule has 1 aliphatic rings. The Kier molecular flexibility index (Phi) is 2.79. The van der Waals surface area contributed by atoms with E-state index in [0.717, 1.165) is 10.0 Å². The highest BCUT2D eigenvalue weighted by Gasteiger charge is 2.34. The molecule has 6 heteroatoms. The Labute approximate surface area is 112 Å². The Morgan fingerprint density at radius 3 is 2.89 bits per heavy atom. The van der Waals surface area contributed by atoms with Gasteiger partial charge >= 0.3 is 4.34 Å². The van der Waals surface area contributed by atoms with Crippen LogP contribution >= 0.6 is 23.1 Å². The molecule has 0 spiro atoms. The number of aromatic nitrogens is 1. The minimum Gasteiger partial charge on any atom is -0.367 e. The van der Waals surface area contributed by atoms with Crippen molar-refractivity contribution in [2.75, 3.05) is 11.6 Å². The molecular formula is C12H11F2N2S2+. The number of hydrogen-bond donors (Lipinski definition) is 1. The van der Waals surface area contributed by atoms with E-state index in [9.17, 15) is 8.78 Å². The van der Waals surface area contributed by atoms with Gasteiger partial charge in [-0.2, -0.15) is 0 Å². The van der Waals surface area contributed by atoms with Gasteiger partial charge in [-0.3, -0.25) is 0 Å². The molecule has 0 amide bonds. The average molecular weight is 285 g/mol. The number of nitrogens with zero attached hydrogens (tertiary/aromatic N) is 1. The van der Waals surface area contributed by atoms with Gasteiger partial charge in [0.05, 0.1) is 4.88 Å². The maximum atomic E-state index is 13.8. The number of thioether (sulfide) groups is 1. The maximum Gasteiger partial charge on any atom is 0.303 e. The average Bonchev–Trinajstić information content (AvgIpc) is 2.71. The molecule has 0 radical (unpaired) electrons. The minimum atomic E-state index is -0.817. The Hall–Kier alpha value is -1.14. The van der Waals surface area contributed by atoms with E-state index in [2.05, 4.69) is 5.32 Å². The molecule has 0 unspecified atom stereocenters. The summed E-state index contributed by atoms with van der Waals surface area (Å²) >= 11 is 3.29. The Balaban J connectivity index is 2.32. The van der Waals surface area contributed by atoms with E-state index in [-0.39, 0.29) is 5.69 Å². The van der Waals surface area contributed by atoms with Crippen molar-refractivity contribution in [3.8, 4) is 5.69 Å². The van der Waals surface area contributed by atoms with Crippen molar-refractivity contribution in [1.82, 2.24) is 0 Å². The number of benzene rings is 1. The van der Waals surface area contributed by atoms with E-state index < -0.39 is 11.6 Å². The first-order valence-electron chi connectivity index (χ1n) is 5.44. The standard InChI is InChI=1S/C12H11F2N2S2/c1-6-9-5-15-11-8(4-3-7(13)10(11)14)16(9)12(17-2)18-6/h3-4,15H,5H2,1-2H3/q+1. The van der Waals surface area contributed by atoms with Crippen molar-refractivity contribution in [2.45, 2.75) is 17.8 Å². The zero-order valence-electron chi connectivity index (χ0n) is 9.88. The third kappa shape index (κ3) is 1.55. The third-order valence-electron chi connectivity index (χ3n) is 3.02. The number of rotatable bonds is 1. The molecule has 3 rings (SSSR count). The molecule has 1 N–H and O–H groups in total. The van der Waals surface area contributed by atoms with Crippen LogP contribution in [-0.2, 0) is 6.54 Å². The molecule has 0 aliphatic carbocycles. The van der Waals surface area contributed by atoms with Crippen molar-refractivity contribution >= 4 is 28.8 Å². The van der Waals surface area contributed by atoms with Crippen LogP contribution in [0.4, 0.5) is 14.5 Å². The van der Waals surface area contributed by atoms with Crippen LogP contribution in [0.3, 0.4) is 0 Å². The minimum absolute atomic E-state index is 0.251. The molecule has 0 saturated carbocycles. The predicted octanol–water partition coefficient (Wildman–Crippen LogP) is 3.26. The largest absolute Gasteiger partial charge is 0.367 e. The first-order chi connectivity index (χ1) is 8.63. The maximum absolute atomic E-state index is 13.8. The van der Waals surface area contributed by atoms with Crippen LogP contribution in [0.1, 0.15) is 10.6 Å².